The number of rotatable bonds is 5. The van der Waals surface area contributed by atoms with Gasteiger partial charge in [-0.1, -0.05) is 29.5 Å². The molecule has 0 fully saturated rings. The number of aliphatic hydroxyl groups is 1. The van der Waals surface area contributed by atoms with Gasteiger partial charge in [0, 0.05) is 0 Å². The zero-order chi connectivity index (χ0) is 19.2. The first kappa shape index (κ1) is 19.5. The Morgan fingerprint density at radius 1 is 1.23 bits per heavy atom. The van der Waals surface area contributed by atoms with Gasteiger partial charge >= 0.3 is 0 Å². The van der Waals surface area contributed by atoms with Crippen LogP contribution in [-0.4, -0.2) is 33.0 Å². The first-order valence-corrected chi connectivity index (χ1v) is 9.26. The third-order valence-corrected chi connectivity index (χ3v) is 4.81. The van der Waals surface area contributed by atoms with Crippen LogP contribution in [0.1, 0.15) is 23.6 Å². The molecule has 0 amide bonds. The summed E-state index contributed by atoms with van der Waals surface area (Å²) in [4.78, 5) is 2.38. The van der Waals surface area contributed by atoms with Gasteiger partial charge in [-0.15, -0.1) is 0 Å². The summed E-state index contributed by atoms with van der Waals surface area (Å²) in [6, 6.07) is 11.7. The minimum absolute atomic E-state index is 0.142. The van der Waals surface area contributed by atoms with Crippen molar-refractivity contribution in [3.63, 3.8) is 0 Å². The van der Waals surface area contributed by atoms with E-state index in [0.29, 0.717) is 22.6 Å². The highest BCUT2D eigenvalue weighted by atomic mass is 32.2. The number of benzene rings is 2. The fraction of sp³-hybridized carbons (Fsp3) is 0.211. The lowest BCUT2D eigenvalue weighted by Crippen LogP contribution is -2.20. The van der Waals surface area contributed by atoms with Crippen LogP contribution >= 0.6 is 0 Å². The molecule has 2 rings (SSSR count). The van der Waals surface area contributed by atoms with Crippen molar-refractivity contribution in [1.82, 2.24) is 4.83 Å². The SMILES string of the molecule is COc1ccc(/C(C)=N/NS(=O)(=O)c2ccc(C)cc2)cc1C#CCO. The molecule has 0 spiro atoms. The minimum Gasteiger partial charge on any atom is -0.495 e. The van der Waals surface area contributed by atoms with Crippen molar-refractivity contribution in [2.24, 2.45) is 5.10 Å². The van der Waals surface area contributed by atoms with Gasteiger partial charge < -0.3 is 9.84 Å². The van der Waals surface area contributed by atoms with Gasteiger partial charge in [0.2, 0.25) is 0 Å². The molecule has 0 aliphatic rings. The monoisotopic (exact) mass is 372 g/mol. The van der Waals surface area contributed by atoms with E-state index >= 15 is 0 Å². The average Bonchev–Trinajstić information content (AvgIpc) is 2.64. The molecule has 0 unspecified atom stereocenters. The summed E-state index contributed by atoms with van der Waals surface area (Å²) in [6.45, 7) is 3.30. The van der Waals surface area contributed by atoms with Crippen molar-refractivity contribution in [1.29, 1.82) is 0 Å². The summed E-state index contributed by atoms with van der Waals surface area (Å²) in [5.74, 6) is 5.91. The molecule has 0 aliphatic carbocycles. The number of hydrogen-bond acceptors (Lipinski definition) is 5. The van der Waals surface area contributed by atoms with Crippen molar-refractivity contribution in [2.45, 2.75) is 18.7 Å². The molecule has 2 N–H and O–H groups in total. The van der Waals surface area contributed by atoms with Crippen molar-refractivity contribution >= 4 is 15.7 Å². The minimum atomic E-state index is -3.74. The largest absolute Gasteiger partial charge is 0.495 e. The van der Waals surface area contributed by atoms with Crippen molar-refractivity contribution in [3.8, 4) is 17.6 Å². The lowest BCUT2D eigenvalue weighted by atomic mass is 10.1. The van der Waals surface area contributed by atoms with Crippen molar-refractivity contribution in [2.75, 3.05) is 13.7 Å². The van der Waals surface area contributed by atoms with Crippen LogP contribution in [0.5, 0.6) is 5.75 Å². The highest BCUT2D eigenvalue weighted by molar-refractivity contribution is 7.89. The number of hydrogen-bond donors (Lipinski definition) is 2. The number of nitrogens with zero attached hydrogens (tertiary/aromatic N) is 1. The van der Waals surface area contributed by atoms with Gasteiger partial charge in [0.15, 0.2) is 0 Å². The lowest BCUT2D eigenvalue weighted by molar-refractivity contribution is 0.350. The van der Waals surface area contributed by atoms with Gasteiger partial charge in [0.1, 0.15) is 12.4 Å². The zero-order valence-electron chi connectivity index (χ0n) is 14.8. The zero-order valence-corrected chi connectivity index (χ0v) is 15.6. The lowest BCUT2D eigenvalue weighted by Gasteiger charge is -2.08. The predicted molar refractivity (Wildman–Crippen MR) is 101 cm³/mol. The summed E-state index contributed by atoms with van der Waals surface area (Å²) in [6.07, 6.45) is 0. The third-order valence-electron chi connectivity index (χ3n) is 3.58. The van der Waals surface area contributed by atoms with Gasteiger partial charge in [-0.3, -0.25) is 0 Å². The first-order valence-electron chi connectivity index (χ1n) is 7.78. The topological polar surface area (TPSA) is 88.0 Å². The molecule has 7 heteroatoms. The number of sulfonamides is 1. The number of nitrogens with one attached hydrogen (secondary N) is 1. The standard InChI is InChI=1S/C19H20N2O4S/c1-14-6-9-18(10-7-14)26(23,24)21-20-15(2)16-8-11-19(25-3)17(13-16)5-4-12-22/h6-11,13,21-22H,12H2,1-3H3/b20-15+. The van der Waals surface area contributed by atoms with E-state index in [1.54, 1.807) is 37.3 Å². The smallest absolute Gasteiger partial charge is 0.276 e. The maximum atomic E-state index is 12.3. The summed E-state index contributed by atoms with van der Waals surface area (Å²) in [5.41, 5.74) is 2.70. The molecule has 0 saturated heterocycles. The Morgan fingerprint density at radius 2 is 1.92 bits per heavy atom. The molecule has 0 aliphatic heterocycles. The molecule has 136 valence electrons. The highest BCUT2D eigenvalue weighted by Crippen LogP contribution is 2.19. The molecule has 0 heterocycles. The first-order chi connectivity index (χ1) is 12.4. The molecule has 2 aromatic rings. The number of methoxy groups -OCH3 is 1. The Bertz CT molecular complexity index is 969. The van der Waals surface area contributed by atoms with E-state index in [1.165, 1.54) is 19.2 Å². The summed E-state index contributed by atoms with van der Waals surface area (Å²) >= 11 is 0. The Hall–Kier alpha value is -2.82. The molecule has 0 radical (unpaired) electrons. The van der Waals surface area contributed by atoms with Crippen molar-refractivity contribution < 1.29 is 18.3 Å². The summed E-state index contributed by atoms with van der Waals surface area (Å²) in [7, 11) is -2.22. The van der Waals surface area contributed by atoms with Crippen LogP contribution < -0.4 is 9.57 Å². The second kappa shape index (κ2) is 8.52. The fourth-order valence-electron chi connectivity index (χ4n) is 2.13. The van der Waals surface area contributed by atoms with Crippen LogP contribution in [0.4, 0.5) is 0 Å². The van der Waals surface area contributed by atoms with Crippen LogP contribution in [0.25, 0.3) is 0 Å². The van der Waals surface area contributed by atoms with Crippen LogP contribution in [0, 0.1) is 18.8 Å². The molecular weight excluding hydrogens is 352 g/mol. The van der Waals surface area contributed by atoms with E-state index in [-0.39, 0.29) is 11.5 Å². The molecule has 0 aromatic heterocycles. The third kappa shape index (κ3) is 4.85. The summed E-state index contributed by atoms with van der Waals surface area (Å²) < 4.78 is 29.8. The van der Waals surface area contributed by atoms with Gasteiger partial charge in [0.05, 0.1) is 23.3 Å². The second-order valence-corrected chi connectivity index (χ2v) is 7.14. The Balaban J connectivity index is 2.27. The number of ether oxygens (including phenoxy) is 1. The van der Waals surface area contributed by atoms with E-state index in [4.69, 9.17) is 9.84 Å². The molecule has 0 atom stereocenters. The van der Waals surface area contributed by atoms with Gasteiger partial charge in [-0.05, 0) is 49.7 Å². The molecule has 26 heavy (non-hydrogen) atoms. The van der Waals surface area contributed by atoms with Gasteiger partial charge in [-0.25, -0.2) is 0 Å². The van der Waals surface area contributed by atoms with E-state index in [9.17, 15) is 8.42 Å². The molecule has 6 nitrogen and oxygen atoms in total. The van der Waals surface area contributed by atoms with Crippen molar-refractivity contribution in [3.05, 3.63) is 59.2 Å². The van der Waals surface area contributed by atoms with E-state index < -0.39 is 10.0 Å². The normalized spacial score (nSPS) is 11.5. The van der Waals surface area contributed by atoms with Crippen LogP contribution in [0.2, 0.25) is 0 Å². The average molecular weight is 372 g/mol. The molecular formula is C19H20N2O4S. The Morgan fingerprint density at radius 3 is 2.54 bits per heavy atom. The maximum Gasteiger partial charge on any atom is 0.276 e. The Labute approximate surface area is 153 Å². The van der Waals surface area contributed by atoms with Crippen LogP contribution in [-0.2, 0) is 10.0 Å². The molecule has 0 bridgehead atoms. The number of aryl methyl sites for hydroxylation is 1. The Kier molecular flexibility index (Phi) is 6.39. The van der Waals surface area contributed by atoms with E-state index in [2.05, 4.69) is 21.8 Å². The molecule has 0 saturated carbocycles. The summed E-state index contributed by atoms with van der Waals surface area (Å²) in [5, 5.41) is 12.8. The maximum absolute atomic E-state index is 12.3. The quantitative estimate of drug-likeness (QED) is 0.478. The van der Waals surface area contributed by atoms with Gasteiger partial charge in [0.25, 0.3) is 10.0 Å². The van der Waals surface area contributed by atoms with E-state index in [0.717, 1.165) is 5.56 Å². The number of aliphatic hydroxyl groups excluding tert-OH is 1. The highest BCUT2D eigenvalue weighted by Gasteiger charge is 2.13. The van der Waals surface area contributed by atoms with E-state index in [1.807, 2.05) is 6.92 Å². The second-order valence-electron chi connectivity index (χ2n) is 5.48. The fourth-order valence-corrected chi connectivity index (χ4v) is 2.99. The molecule has 2 aromatic carbocycles. The predicted octanol–water partition coefficient (Wildman–Crippen LogP) is 2.05. The van der Waals surface area contributed by atoms with Crippen LogP contribution in [0.15, 0.2) is 52.5 Å². The van der Waals surface area contributed by atoms with Crippen LogP contribution in [0.3, 0.4) is 0 Å². The van der Waals surface area contributed by atoms with Gasteiger partial charge in [-0.2, -0.15) is 18.4 Å². The number of hydrazone groups is 1.